The average molecular weight is 265 g/mol. The lowest BCUT2D eigenvalue weighted by Gasteiger charge is -2.09. The van der Waals surface area contributed by atoms with E-state index in [1.54, 1.807) is 0 Å². The number of nitro groups is 1. The topological polar surface area (TPSA) is 95.7 Å². The summed E-state index contributed by atoms with van der Waals surface area (Å²) >= 11 is 0. The maximum atomic E-state index is 11.9. The highest BCUT2D eigenvalue weighted by atomic mass is 16.6. The number of ether oxygens (including phenoxy) is 2. The van der Waals surface area contributed by atoms with Crippen molar-refractivity contribution in [3.8, 4) is 0 Å². The van der Waals surface area contributed by atoms with Crippen LogP contribution in [-0.4, -0.2) is 29.6 Å². The Balaban J connectivity index is 2.22. The Bertz CT molecular complexity index is 553. The number of hydrogen-bond acceptors (Lipinski definition) is 6. The van der Waals surface area contributed by atoms with Crippen molar-refractivity contribution in [2.24, 2.45) is 0 Å². The van der Waals surface area contributed by atoms with Crippen molar-refractivity contribution in [1.82, 2.24) is 0 Å². The predicted molar refractivity (Wildman–Crippen MR) is 62.6 cm³/mol. The van der Waals surface area contributed by atoms with Crippen LogP contribution in [0.5, 0.6) is 0 Å². The van der Waals surface area contributed by atoms with Crippen molar-refractivity contribution in [1.29, 1.82) is 0 Å². The molecule has 1 saturated heterocycles. The Kier molecular flexibility index (Phi) is 3.46. The van der Waals surface area contributed by atoms with Crippen LogP contribution in [0, 0.1) is 17.0 Å². The van der Waals surface area contributed by atoms with E-state index in [2.05, 4.69) is 4.74 Å². The first kappa shape index (κ1) is 13.0. The molecule has 1 atom stereocenters. The second-order valence-corrected chi connectivity index (χ2v) is 4.06. The number of nitro benzene ring substituents is 1. The normalized spacial score (nSPS) is 17.9. The minimum atomic E-state index is -0.925. The lowest BCUT2D eigenvalue weighted by molar-refractivity contribution is -0.385. The van der Waals surface area contributed by atoms with E-state index >= 15 is 0 Å². The van der Waals surface area contributed by atoms with Gasteiger partial charge in [0.15, 0.2) is 0 Å². The third kappa shape index (κ3) is 2.54. The minimum Gasteiger partial charge on any atom is -0.463 e. The maximum Gasteiger partial charge on any atom is 0.347 e. The summed E-state index contributed by atoms with van der Waals surface area (Å²) in [5, 5.41) is 10.8. The van der Waals surface area contributed by atoms with Gasteiger partial charge in [0.2, 0.25) is 6.10 Å². The number of esters is 2. The molecule has 0 unspecified atom stereocenters. The first-order chi connectivity index (χ1) is 9.00. The number of hydrogen-bond donors (Lipinski definition) is 0. The quantitative estimate of drug-likeness (QED) is 0.465. The van der Waals surface area contributed by atoms with Gasteiger partial charge in [-0.05, 0) is 13.0 Å². The Labute approximate surface area is 108 Å². The number of rotatable bonds is 3. The molecule has 0 amide bonds. The van der Waals surface area contributed by atoms with Gasteiger partial charge in [0.25, 0.3) is 5.69 Å². The predicted octanol–water partition coefficient (Wildman–Crippen LogP) is 1.38. The molecule has 1 heterocycles. The molecule has 2 rings (SSSR count). The van der Waals surface area contributed by atoms with Crippen molar-refractivity contribution in [3.05, 3.63) is 39.4 Å². The van der Waals surface area contributed by atoms with E-state index in [9.17, 15) is 19.7 Å². The van der Waals surface area contributed by atoms with Gasteiger partial charge in [0.05, 0.1) is 17.1 Å². The van der Waals surface area contributed by atoms with Crippen LogP contribution in [-0.2, 0) is 14.3 Å². The van der Waals surface area contributed by atoms with Gasteiger partial charge in [-0.3, -0.25) is 10.1 Å². The van der Waals surface area contributed by atoms with Crippen molar-refractivity contribution < 1.29 is 24.0 Å². The molecule has 0 aliphatic carbocycles. The summed E-state index contributed by atoms with van der Waals surface area (Å²) in [6, 6.07) is 4.12. The number of benzene rings is 1. The molecule has 7 heteroatoms. The molecule has 0 spiro atoms. The zero-order valence-corrected chi connectivity index (χ0v) is 10.1. The Morgan fingerprint density at radius 2 is 2.26 bits per heavy atom. The molecular formula is C12H11NO6. The van der Waals surface area contributed by atoms with Gasteiger partial charge in [-0.2, -0.15) is 0 Å². The largest absolute Gasteiger partial charge is 0.463 e. The van der Waals surface area contributed by atoms with E-state index in [1.165, 1.54) is 25.1 Å². The van der Waals surface area contributed by atoms with E-state index in [1.807, 2.05) is 0 Å². The van der Waals surface area contributed by atoms with Gasteiger partial charge in [-0.15, -0.1) is 0 Å². The van der Waals surface area contributed by atoms with Crippen LogP contribution in [0.2, 0.25) is 0 Å². The Morgan fingerprint density at radius 1 is 1.53 bits per heavy atom. The lowest BCUT2D eigenvalue weighted by atomic mass is 10.1. The zero-order valence-electron chi connectivity index (χ0n) is 10.1. The molecular weight excluding hydrogens is 254 g/mol. The van der Waals surface area contributed by atoms with Crippen LogP contribution >= 0.6 is 0 Å². The van der Waals surface area contributed by atoms with Crippen molar-refractivity contribution in [2.45, 2.75) is 19.4 Å². The van der Waals surface area contributed by atoms with Crippen LogP contribution in [0.3, 0.4) is 0 Å². The Morgan fingerprint density at radius 3 is 2.84 bits per heavy atom. The lowest BCUT2D eigenvalue weighted by Crippen LogP contribution is -2.23. The highest BCUT2D eigenvalue weighted by molar-refractivity contribution is 5.94. The van der Waals surface area contributed by atoms with Crippen LogP contribution < -0.4 is 0 Å². The summed E-state index contributed by atoms with van der Waals surface area (Å²) in [5.74, 6) is -1.35. The fraction of sp³-hybridized carbons (Fsp3) is 0.333. The minimum absolute atomic E-state index is 0.0777. The van der Waals surface area contributed by atoms with Crippen LogP contribution in [0.25, 0.3) is 0 Å². The van der Waals surface area contributed by atoms with Crippen molar-refractivity contribution >= 4 is 17.6 Å². The van der Waals surface area contributed by atoms with Gasteiger partial charge < -0.3 is 9.47 Å². The van der Waals surface area contributed by atoms with Gasteiger partial charge in [0, 0.05) is 18.1 Å². The molecule has 1 aromatic carbocycles. The van der Waals surface area contributed by atoms with Gasteiger partial charge in [-0.1, -0.05) is 6.07 Å². The highest BCUT2D eigenvalue weighted by Gasteiger charge is 2.31. The van der Waals surface area contributed by atoms with E-state index in [4.69, 9.17) is 4.74 Å². The van der Waals surface area contributed by atoms with Crippen molar-refractivity contribution in [2.75, 3.05) is 6.61 Å². The van der Waals surface area contributed by atoms with E-state index < -0.39 is 23.0 Å². The van der Waals surface area contributed by atoms with E-state index in [0.29, 0.717) is 6.42 Å². The molecule has 100 valence electrons. The smallest absolute Gasteiger partial charge is 0.347 e. The molecule has 0 N–H and O–H groups in total. The molecule has 1 aromatic rings. The molecule has 0 radical (unpaired) electrons. The summed E-state index contributed by atoms with van der Waals surface area (Å²) in [7, 11) is 0. The second-order valence-electron chi connectivity index (χ2n) is 4.06. The summed E-state index contributed by atoms with van der Waals surface area (Å²) in [5.41, 5.74) is 0.126. The standard InChI is InChI=1S/C12H11NO6/c1-7-8(3-2-4-9(7)13(16)17)11(14)19-10-5-6-18-12(10)15/h2-4,10H,5-6H2,1H3/t10-/m0/s1. The van der Waals surface area contributed by atoms with E-state index in [-0.39, 0.29) is 23.4 Å². The second kappa shape index (κ2) is 5.05. The number of carbonyl (C=O) groups excluding carboxylic acids is 2. The molecule has 0 aromatic heterocycles. The monoisotopic (exact) mass is 265 g/mol. The summed E-state index contributed by atoms with van der Waals surface area (Å²) in [6.07, 6.45) is -0.621. The SMILES string of the molecule is Cc1c(C(=O)O[C@H]2CCOC2=O)cccc1[N+](=O)[O-]. The molecule has 0 saturated carbocycles. The first-order valence-electron chi connectivity index (χ1n) is 5.62. The van der Waals surface area contributed by atoms with Crippen LogP contribution in [0.15, 0.2) is 18.2 Å². The van der Waals surface area contributed by atoms with Crippen molar-refractivity contribution in [3.63, 3.8) is 0 Å². The highest BCUT2D eigenvalue weighted by Crippen LogP contribution is 2.23. The van der Waals surface area contributed by atoms with Gasteiger partial charge >= 0.3 is 11.9 Å². The van der Waals surface area contributed by atoms with Gasteiger partial charge in [0.1, 0.15) is 0 Å². The fourth-order valence-electron chi connectivity index (χ4n) is 1.82. The number of carbonyl (C=O) groups is 2. The first-order valence-corrected chi connectivity index (χ1v) is 5.62. The molecule has 0 bridgehead atoms. The Hall–Kier alpha value is -2.44. The average Bonchev–Trinajstić information content (AvgIpc) is 2.74. The van der Waals surface area contributed by atoms with E-state index in [0.717, 1.165) is 0 Å². The van der Waals surface area contributed by atoms with Crippen LogP contribution in [0.1, 0.15) is 22.3 Å². The summed E-state index contributed by atoms with van der Waals surface area (Å²) in [4.78, 5) is 33.3. The maximum absolute atomic E-state index is 11.9. The van der Waals surface area contributed by atoms with Gasteiger partial charge in [-0.25, -0.2) is 9.59 Å². The summed E-state index contributed by atoms with van der Waals surface area (Å²) in [6.45, 7) is 1.67. The molecule has 1 aliphatic rings. The third-order valence-corrected chi connectivity index (χ3v) is 2.86. The van der Waals surface area contributed by atoms with Crippen LogP contribution in [0.4, 0.5) is 5.69 Å². The number of cyclic esters (lactones) is 1. The molecule has 19 heavy (non-hydrogen) atoms. The summed E-state index contributed by atoms with van der Waals surface area (Å²) < 4.78 is 9.66. The fourth-order valence-corrected chi connectivity index (χ4v) is 1.82. The molecule has 7 nitrogen and oxygen atoms in total. The number of nitrogens with zero attached hydrogens (tertiary/aromatic N) is 1. The zero-order chi connectivity index (χ0) is 14.0. The molecule has 1 fully saturated rings. The third-order valence-electron chi connectivity index (χ3n) is 2.86. The molecule has 1 aliphatic heterocycles.